The standard InChI is InChI=1S/C48H58S/c1-4-16-36-33(13-1)34-14-2-5-17-37(34)44-28-46-42-26-30(23-24-39(42)35-15-3-6-18-38(35)45(46)27-43(36)44)29-11-9-12-31(25-29)32-20-10-21-41-40-19-7-8-22-47(40)49-48(32)41/h7-12,19-22,25,30,33-39,42-46H,1-6,13-18,23-24,26-28H2. The van der Waals surface area contributed by atoms with Gasteiger partial charge in [-0.3, -0.25) is 0 Å². The van der Waals surface area contributed by atoms with Crippen LogP contribution in [0.25, 0.3) is 31.3 Å². The quantitative estimate of drug-likeness (QED) is 0.200. The van der Waals surface area contributed by atoms with Crippen LogP contribution in [0.15, 0.2) is 66.7 Å². The van der Waals surface area contributed by atoms with Crippen molar-refractivity contribution < 1.29 is 0 Å². The maximum atomic E-state index is 2.64. The zero-order valence-corrected chi connectivity index (χ0v) is 30.6. The average Bonchev–Trinajstić information content (AvgIpc) is 3.56. The summed E-state index contributed by atoms with van der Waals surface area (Å²) in [6.45, 7) is 0. The monoisotopic (exact) mass is 666 g/mol. The van der Waals surface area contributed by atoms with E-state index in [2.05, 4.69) is 66.7 Å². The summed E-state index contributed by atoms with van der Waals surface area (Å²) in [6.07, 6.45) is 26.5. The molecule has 7 fully saturated rings. The van der Waals surface area contributed by atoms with Gasteiger partial charge in [-0.2, -0.15) is 0 Å². The molecule has 0 radical (unpaired) electrons. The lowest BCUT2D eigenvalue weighted by molar-refractivity contribution is -0.155. The van der Waals surface area contributed by atoms with E-state index in [9.17, 15) is 0 Å². The molecule has 0 saturated heterocycles. The number of hydrogen-bond acceptors (Lipinski definition) is 1. The van der Waals surface area contributed by atoms with Gasteiger partial charge in [0.15, 0.2) is 0 Å². The second kappa shape index (κ2) is 12.2. The number of benzene rings is 3. The summed E-state index contributed by atoms with van der Waals surface area (Å²) in [4.78, 5) is 0. The molecule has 13 atom stereocenters. The molecule has 0 amide bonds. The van der Waals surface area contributed by atoms with Crippen LogP contribution in [0.1, 0.15) is 121 Å². The Morgan fingerprint density at radius 2 is 0.918 bits per heavy atom. The topological polar surface area (TPSA) is 0 Å². The van der Waals surface area contributed by atoms with E-state index < -0.39 is 0 Å². The van der Waals surface area contributed by atoms with Gasteiger partial charge < -0.3 is 0 Å². The second-order valence-corrected chi connectivity index (χ2v) is 19.8. The lowest BCUT2D eigenvalue weighted by Gasteiger charge is -2.65. The van der Waals surface area contributed by atoms with Gasteiger partial charge in [0.2, 0.25) is 0 Å². The maximum Gasteiger partial charge on any atom is 0.0433 e. The Labute approximate surface area is 299 Å². The summed E-state index contributed by atoms with van der Waals surface area (Å²) < 4.78 is 2.88. The van der Waals surface area contributed by atoms with Crippen LogP contribution in [-0.4, -0.2) is 0 Å². The highest BCUT2D eigenvalue weighted by molar-refractivity contribution is 7.26. The van der Waals surface area contributed by atoms with Crippen molar-refractivity contribution in [1.82, 2.24) is 0 Å². The Morgan fingerprint density at radius 1 is 0.408 bits per heavy atom. The van der Waals surface area contributed by atoms with E-state index in [0.717, 1.165) is 76.9 Å². The van der Waals surface area contributed by atoms with Crippen molar-refractivity contribution in [3.8, 4) is 11.1 Å². The lowest BCUT2D eigenvalue weighted by Crippen LogP contribution is -2.57. The SMILES string of the molecule is c1cc(-c2cccc3c2sc2ccccc23)cc(C2CCC3C4CCCCC4C4CC5C6CCCCC6C6CCCCC6C5CC4C3C2)c1. The molecule has 7 aliphatic rings. The average molecular weight is 667 g/mol. The highest BCUT2D eigenvalue weighted by Gasteiger charge is 2.59. The van der Waals surface area contributed by atoms with E-state index in [1.54, 1.807) is 82.6 Å². The van der Waals surface area contributed by atoms with Crippen molar-refractivity contribution >= 4 is 31.5 Å². The summed E-state index contributed by atoms with van der Waals surface area (Å²) in [6, 6.07) is 26.0. The van der Waals surface area contributed by atoms with Crippen LogP contribution in [0.3, 0.4) is 0 Å². The van der Waals surface area contributed by atoms with E-state index in [4.69, 9.17) is 0 Å². The molecule has 4 aromatic rings. The Balaban J connectivity index is 0.925. The number of fused-ring (bicyclic) bond motifs is 15. The predicted octanol–water partition coefficient (Wildman–Crippen LogP) is 13.9. The molecule has 0 nitrogen and oxygen atoms in total. The van der Waals surface area contributed by atoms with Gasteiger partial charge in [-0.1, -0.05) is 99.2 Å². The lowest BCUT2D eigenvalue weighted by atomic mass is 9.40. The smallest absolute Gasteiger partial charge is 0.0433 e. The van der Waals surface area contributed by atoms with Crippen molar-refractivity contribution in [2.45, 2.75) is 115 Å². The summed E-state index contributed by atoms with van der Waals surface area (Å²) in [5.41, 5.74) is 4.54. The molecule has 0 N–H and O–H groups in total. The van der Waals surface area contributed by atoms with Gasteiger partial charge in [0, 0.05) is 20.2 Å². The minimum absolute atomic E-state index is 0.748. The molecule has 11 rings (SSSR count). The first-order valence-electron chi connectivity index (χ1n) is 21.3. The van der Waals surface area contributed by atoms with E-state index in [1.165, 1.54) is 63.4 Å². The van der Waals surface area contributed by atoms with E-state index in [-0.39, 0.29) is 0 Å². The minimum atomic E-state index is 0.748. The van der Waals surface area contributed by atoms with E-state index in [1.807, 2.05) is 11.3 Å². The minimum Gasteiger partial charge on any atom is -0.135 e. The molecular formula is C48H58S. The first-order valence-corrected chi connectivity index (χ1v) is 22.1. The van der Waals surface area contributed by atoms with Gasteiger partial charge in [0.1, 0.15) is 0 Å². The predicted molar refractivity (Wildman–Crippen MR) is 208 cm³/mol. The Kier molecular flexibility index (Phi) is 7.62. The molecule has 0 bridgehead atoms. The number of thiophene rings is 1. The zero-order valence-electron chi connectivity index (χ0n) is 29.8. The summed E-state index contributed by atoms with van der Waals surface area (Å²) in [7, 11) is 0. The van der Waals surface area contributed by atoms with Crippen LogP contribution in [0.2, 0.25) is 0 Å². The molecule has 1 heteroatoms. The Bertz CT molecular complexity index is 1830. The first-order chi connectivity index (χ1) is 24.3. The van der Waals surface area contributed by atoms with Gasteiger partial charge in [-0.25, -0.2) is 0 Å². The molecule has 49 heavy (non-hydrogen) atoms. The van der Waals surface area contributed by atoms with Crippen molar-refractivity contribution in [3.63, 3.8) is 0 Å². The van der Waals surface area contributed by atoms with Crippen molar-refractivity contribution in [3.05, 3.63) is 72.3 Å². The Hall–Kier alpha value is -2.12. The Morgan fingerprint density at radius 3 is 1.57 bits per heavy atom. The van der Waals surface area contributed by atoms with Crippen LogP contribution in [0.5, 0.6) is 0 Å². The normalized spacial score (nSPS) is 41.5. The third kappa shape index (κ3) is 4.86. The van der Waals surface area contributed by atoms with Gasteiger partial charge in [0.25, 0.3) is 0 Å². The molecule has 3 aromatic carbocycles. The van der Waals surface area contributed by atoms with Crippen molar-refractivity contribution in [2.75, 3.05) is 0 Å². The molecule has 7 saturated carbocycles. The molecule has 7 aliphatic carbocycles. The van der Waals surface area contributed by atoms with Crippen molar-refractivity contribution in [2.24, 2.45) is 71.0 Å². The number of hydrogen-bond donors (Lipinski definition) is 0. The molecule has 256 valence electrons. The second-order valence-electron chi connectivity index (χ2n) is 18.7. The molecule has 13 unspecified atom stereocenters. The fraction of sp³-hybridized carbons (Fsp3) is 0.625. The van der Waals surface area contributed by atoms with Crippen LogP contribution >= 0.6 is 11.3 Å². The highest BCUT2D eigenvalue weighted by Crippen LogP contribution is 2.67. The van der Waals surface area contributed by atoms with E-state index >= 15 is 0 Å². The first kappa shape index (κ1) is 30.5. The summed E-state index contributed by atoms with van der Waals surface area (Å²) >= 11 is 1.99. The molecule has 0 aliphatic heterocycles. The third-order valence-electron chi connectivity index (χ3n) is 17.1. The highest BCUT2D eigenvalue weighted by atomic mass is 32.1. The summed E-state index contributed by atoms with van der Waals surface area (Å²) in [5.74, 6) is 13.6. The number of rotatable bonds is 2. The fourth-order valence-corrected chi connectivity index (χ4v) is 16.8. The molecular weight excluding hydrogens is 609 g/mol. The van der Waals surface area contributed by atoms with Gasteiger partial charge >= 0.3 is 0 Å². The van der Waals surface area contributed by atoms with Crippen LogP contribution in [-0.2, 0) is 0 Å². The summed E-state index contributed by atoms with van der Waals surface area (Å²) in [5, 5.41) is 2.84. The van der Waals surface area contributed by atoms with Gasteiger partial charge in [-0.15, -0.1) is 11.3 Å². The van der Waals surface area contributed by atoms with Crippen molar-refractivity contribution in [1.29, 1.82) is 0 Å². The largest absolute Gasteiger partial charge is 0.135 e. The molecule has 0 spiro atoms. The fourth-order valence-electron chi connectivity index (χ4n) is 15.5. The van der Waals surface area contributed by atoms with Crippen LogP contribution < -0.4 is 0 Å². The van der Waals surface area contributed by atoms with Gasteiger partial charge in [-0.05, 0) is 170 Å². The van der Waals surface area contributed by atoms with E-state index in [0.29, 0.717) is 0 Å². The van der Waals surface area contributed by atoms with Crippen LogP contribution in [0.4, 0.5) is 0 Å². The maximum absolute atomic E-state index is 2.64. The zero-order chi connectivity index (χ0) is 32.1. The van der Waals surface area contributed by atoms with Gasteiger partial charge in [0.05, 0.1) is 0 Å². The molecule has 1 aromatic heterocycles. The third-order valence-corrected chi connectivity index (χ3v) is 18.4. The van der Waals surface area contributed by atoms with Crippen LogP contribution in [0, 0.1) is 71.0 Å². The molecule has 1 heterocycles.